The average Bonchev–Trinajstić information content (AvgIpc) is 2.16. The molecule has 0 aliphatic heterocycles. The Hall–Kier alpha value is -1.08. The average molecular weight is 176 g/mol. The highest BCUT2D eigenvalue weighted by atomic mass is 16.3. The Kier molecular flexibility index (Phi) is 3.71. The Balaban J connectivity index is 2.85. The molecule has 0 bridgehead atoms. The molecule has 0 saturated carbocycles. The highest BCUT2D eigenvalue weighted by Crippen LogP contribution is 2.16. The molecule has 1 heteroatoms. The third-order valence-electron chi connectivity index (χ3n) is 2.13. The van der Waals surface area contributed by atoms with Gasteiger partial charge in [-0.1, -0.05) is 42.0 Å². The van der Waals surface area contributed by atoms with E-state index in [-0.39, 0.29) is 12.5 Å². The molecule has 0 saturated heterocycles. The first-order valence-corrected chi connectivity index (χ1v) is 4.58. The van der Waals surface area contributed by atoms with Gasteiger partial charge in [0.2, 0.25) is 0 Å². The van der Waals surface area contributed by atoms with Gasteiger partial charge in [0.1, 0.15) is 0 Å². The lowest BCUT2D eigenvalue weighted by atomic mass is 9.99. The normalized spacial score (nSPS) is 13.5. The maximum absolute atomic E-state index is 9.13. The minimum Gasteiger partial charge on any atom is -0.395 e. The Labute approximate surface area is 79.7 Å². The number of aliphatic hydroxyl groups excluding tert-OH is 1. The van der Waals surface area contributed by atoms with E-state index >= 15 is 0 Å². The summed E-state index contributed by atoms with van der Waals surface area (Å²) in [5, 5.41) is 9.13. The van der Waals surface area contributed by atoms with Gasteiger partial charge in [0, 0.05) is 5.92 Å². The van der Waals surface area contributed by atoms with E-state index in [1.807, 2.05) is 19.1 Å². The third kappa shape index (κ3) is 2.71. The lowest BCUT2D eigenvalue weighted by Crippen LogP contribution is -2.00. The molecule has 0 fully saturated rings. The SMILES string of the molecule is CC=CC(CO)c1ccc(C)cc1. The van der Waals surface area contributed by atoms with Gasteiger partial charge in [0.15, 0.2) is 0 Å². The van der Waals surface area contributed by atoms with Crippen molar-refractivity contribution in [2.24, 2.45) is 0 Å². The van der Waals surface area contributed by atoms with Gasteiger partial charge >= 0.3 is 0 Å². The fraction of sp³-hybridized carbons (Fsp3) is 0.333. The molecule has 1 atom stereocenters. The van der Waals surface area contributed by atoms with Crippen molar-refractivity contribution in [3.63, 3.8) is 0 Å². The van der Waals surface area contributed by atoms with Crippen molar-refractivity contribution < 1.29 is 5.11 Å². The van der Waals surface area contributed by atoms with Crippen LogP contribution in [0.3, 0.4) is 0 Å². The molecule has 0 heterocycles. The van der Waals surface area contributed by atoms with Crippen LogP contribution >= 0.6 is 0 Å². The van der Waals surface area contributed by atoms with Crippen LogP contribution in [-0.2, 0) is 0 Å². The molecule has 0 aliphatic carbocycles. The standard InChI is InChI=1S/C12H16O/c1-3-4-12(9-13)11-7-5-10(2)6-8-11/h3-8,12-13H,9H2,1-2H3. The van der Waals surface area contributed by atoms with E-state index in [4.69, 9.17) is 5.11 Å². The van der Waals surface area contributed by atoms with Gasteiger partial charge in [0.25, 0.3) is 0 Å². The molecule has 1 aromatic carbocycles. The number of hydrogen-bond donors (Lipinski definition) is 1. The van der Waals surface area contributed by atoms with Crippen LogP contribution in [0, 0.1) is 6.92 Å². The second-order valence-electron chi connectivity index (χ2n) is 3.23. The fourth-order valence-corrected chi connectivity index (χ4v) is 1.32. The van der Waals surface area contributed by atoms with Gasteiger partial charge in [-0.25, -0.2) is 0 Å². The smallest absolute Gasteiger partial charge is 0.0534 e. The zero-order chi connectivity index (χ0) is 9.68. The maximum atomic E-state index is 9.13. The number of benzene rings is 1. The molecule has 70 valence electrons. The molecule has 1 aromatic rings. The van der Waals surface area contributed by atoms with Gasteiger partial charge in [-0.3, -0.25) is 0 Å². The van der Waals surface area contributed by atoms with E-state index < -0.39 is 0 Å². The van der Waals surface area contributed by atoms with E-state index in [2.05, 4.69) is 31.2 Å². The quantitative estimate of drug-likeness (QED) is 0.702. The predicted octanol–water partition coefficient (Wildman–Crippen LogP) is 2.65. The largest absolute Gasteiger partial charge is 0.395 e. The number of allylic oxidation sites excluding steroid dienone is 1. The maximum Gasteiger partial charge on any atom is 0.0534 e. The molecule has 1 unspecified atom stereocenters. The van der Waals surface area contributed by atoms with Crippen LogP contribution in [0.4, 0.5) is 0 Å². The predicted molar refractivity (Wildman–Crippen MR) is 55.8 cm³/mol. The van der Waals surface area contributed by atoms with Gasteiger partial charge in [-0.05, 0) is 19.4 Å². The lowest BCUT2D eigenvalue weighted by Gasteiger charge is -2.09. The van der Waals surface area contributed by atoms with Crippen molar-refractivity contribution in [3.8, 4) is 0 Å². The summed E-state index contributed by atoms with van der Waals surface area (Å²) >= 11 is 0. The van der Waals surface area contributed by atoms with Crippen LogP contribution in [0.1, 0.15) is 24.0 Å². The van der Waals surface area contributed by atoms with E-state index in [9.17, 15) is 0 Å². The summed E-state index contributed by atoms with van der Waals surface area (Å²) in [6, 6.07) is 8.27. The minimum absolute atomic E-state index is 0.144. The van der Waals surface area contributed by atoms with E-state index in [1.54, 1.807) is 0 Å². The number of aliphatic hydroxyl groups is 1. The van der Waals surface area contributed by atoms with Crippen molar-refractivity contribution in [1.82, 2.24) is 0 Å². The summed E-state index contributed by atoms with van der Waals surface area (Å²) < 4.78 is 0. The van der Waals surface area contributed by atoms with Crippen molar-refractivity contribution >= 4 is 0 Å². The topological polar surface area (TPSA) is 20.2 Å². The second kappa shape index (κ2) is 4.83. The second-order valence-corrected chi connectivity index (χ2v) is 3.23. The first-order valence-electron chi connectivity index (χ1n) is 4.58. The summed E-state index contributed by atoms with van der Waals surface area (Å²) in [4.78, 5) is 0. The Morgan fingerprint density at radius 2 is 1.92 bits per heavy atom. The summed E-state index contributed by atoms with van der Waals surface area (Å²) in [6.45, 7) is 4.21. The molecule has 0 aromatic heterocycles. The highest BCUT2D eigenvalue weighted by Gasteiger charge is 2.04. The van der Waals surface area contributed by atoms with E-state index in [0.29, 0.717) is 0 Å². The van der Waals surface area contributed by atoms with Gasteiger partial charge in [0.05, 0.1) is 6.61 Å². The number of rotatable bonds is 3. The Morgan fingerprint density at radius 3 is 2.38 bits per heavy atom. The van der Waals surface area contributed by atoms with Crippen molar-refractivity contribution in [2.45, 2.75) is 19.8 Å². The van der Waals surface area contributed by atoms with Gasteiger partial charge in [-0.15, -0.1) is 0 Å². The molecule has 0 aliphatic rings. The first-order chi connectivity index (χ1) is 6.27. The molecule has 1 N–H and O–H groups in total. The number of aryl methyl sites for hydroxylation is 1. The Bertz CT molecular complexity index is 272. The number of hydrogen-bond acceptors (Lipinski definition) is 1. The van der Waals surface area contributed by atoms with E-state index in [1.165, 1.54) is 11.1 Å². The van der Waals surface area contributed by atoms with Crippen molar-refractivity contribution in [2.75, 3.05) is 6.61 Å². The fourth-order valence-electron chi connectivity index (χ4n) is 1.32. The highest BCUT2D eigenvalue weighted by molar-refractivity contribution is 5.27. The molecule has 1 nitrogen and oxygen atoms in total. The molecule has 0 amide bonds. The summed E-state index contributed by atoms with van der Waals surface area (Å²) in [5.41, 5.74) is 2.42. The molecular formula is C12H16O. The summed E-state index contributed by atoms with van der Waals surface area (Å²) in [5.74, 6) is 0.144. The molecule has 1 rings (SSSR count). The van der Waals surface area contributed by atoms with E-state index in [0.717, 1.165) is 0 Å². The van der Waals surface area contributed by atoms with Crippen LogP contribution in [0.5, 0.6) is 0 Å². The Morgan fingerprint density at radius 1 is 1.31 bits per heavy atom. The molecular weight excluding hydrogens is 160 g/mol. The molecule has 13 heavy (non-hydrogen) atoms. The zero-order valence-corrected chi connectivity index (χ0v) is 8.20. The minimum atomic E-state index is 0.144. The lowest BCUT2D eigenvalue weighted by molar-refractivity contribution is 0.283. The summed E-state index contributed by atoms with van der Waals surface area (Å²) in [6.07, 6.45) is 3.99. The third-order valence-corrected chi connectivity index (χ3v) is 2.13. The summed E-state index contributed by atoms with van der Waals surface area (Å²) in [7, 11) is 0. The first kappa shape index (κ1) is 10.0. The van der Waals surface area contributed by atoms with Crippen molar-refractivity contribution in [3.05, 3.63) is 47.5 Å². The van der Waals surface area contributed by atoms with Crippen molar-refractivity contribution in [1.29, 1.82) is 0 Å². The zero-order valence-electron chi connectivity index (χ0n) is 8.20. The van der Waals surface area contributed by atoms with Crippen LogP contribution in [-0.4, -0.2) is 11.7 Å². The van der Waals surface area contributed by atoms with Crippen LogP contribution in [0.15, 0.2) is 36.4 Å². The molecule has 0 radical (unpaired) electrons. The van der Waals surface area contributed by atoms with Crippen LogP contribution in [0.2, 0.25) is 0 Å². The van der Waals surface area contributed by atoms with Crippen LogP contribution < -0.4 is 0 Å². The molecule has 0 spiro atoms. The van der Waals surface area contributed by atoms with Gasteiger partial charge in [-0.2, -0.15) is 0 Å². The van der Waals surface area contributed by atoms with Crippen LogP contribution in [0.25, 0.3) is 0 Å². The van der Waals surface area contributed by atoms with Gasteiger partial charge < -0.3 is 5.11 Å². The monoisotopic (exact) mass is 176 g/mol.